The third-order valence-electron chi connectivity index (χ3n) is 4.35. The van der Waals surface area contributed by atoms with Crippen LogP contribution in [0, 0.1) is 13.8 Å². The molecule has 130 valence electrons. The lowest BCUT2D eigenvalue weighted by Gasteiger charge is -2.10. The van der Waals surface area contributed by atoms with Gasteiger partial charge >= 0.3 is 0 Å². The zero-order valence-corrected chi connectivity index (χ0v) is 15.4. The molecule has 0 aliphatic carbocycles. The first kappa shape index (κ1) is 18.0. The van der Waals surface area contributed by atoms with E-state index in [4.69, 9.17) is 5.73 Å². The van der Waals surface area contributed by atoms with Gasteiger partial charge in [0, 0.05) is 25.0 Å². The van der Waals surface area contributed by atoms with Crippen molar-refractivity contribution in [2.45, 2.75) is 46.5 Å². The van der Waals surface area contributed by atoms with Crippen molar-refractivity contribution in [2.75, 3.05) is 11.9 Å². The van der Waals surface area contributed by atoms with Crippen LogP contribution >= 0.6 is 0 Å². The quantitative estimate of drug-likeness (QED) is 0.484. The molecular weight excluding hydrogens is 298 g/mol. The summed E-state index contributed by atoms with van der Waals surface area (Å²) in [5, 5.41) is 7.62. The van der Waals surface area contributed by atoms with Crippen LogP contribution in [0.4, 0.5) is 5.69 Å². The SMILES string of the molecule is Cc1nn(C)c(C)c1CCCN=C(N)Nc1cccc(C(C)C)c1. The monoisotopic (exact) mass is 327 g/mol. The molecule has 1 heterocycles. The van der Waals surface area contributed by atoms with Crippen molar-refractivity contribution >= 4 is 11.6 Å². The molecule has 0 bridgehead atoms. The number of nitrogens with zero attached hydrogens (tertiary/aromatic N) is 3. The third-order valence-corrected chi connectivity index (χ3v) is 4.35. The zero-order valence-electron chi connectivity index (χ0n) is 15.4. The van der Waals surface area contributed by atoms with Crippen LogP contribution in [0.2, 0.25) is 0 Å². The number of benzene rings is 1. The summed E-state index contributed by atoms with van der Waals surface area (Å²) in [7, 11) is 1.98. The van der Waals surface area contributed by atoms with Crippen molar-refractivity contribution in [3.63, 3.8) is 0 Å². The van der Waals surface area contributed by atoms with Crippen molar-refractivity contribution in [1.82, 2.24) is 9.78 Å². The third kappa shape index (κ3) is 4.60. The number of nitrogens with one attached hydrogen (secondary N) is 1. The van der Waals surface area contributed by atoms with Gasteiger partial charge in [0.2, 0.25) is 0 Å². The summed E-state index contributed by atoms with van der Waals surface area (Å²) in [6.07, 6.45) is 1.94. The average Bonchev–Trinajstić information content (AvgIpc) is 2.77. The number of nitrogens with two attached hydrogens (primary N) is 1. The molecule has 1 aromatic carbocycles. The van der Waals surface area contributed by atoms with Gasteiger partial charge in [-0.15, -0.1) is 0 Å². The molecule has 5 nitrogen and oxygen atoms in total. The summed E-state index contributed by atoms with van der Waals surface area (Å²) in [5.41, 5.74) is 11.9. The smallest absolute Gasteiger partial charge is 0.193 e. The average molecular weight is 327 g/mol. The van der Waals surface area contributed by atoms with Crippen molar-refractivity contribution in [3.8, 4) is 0 Å². The van der Waals surface area contributed by atoms with Gasteiger partial charge in [-0.1, -0.05) is 26.0 Å². The molecule has 0 saturated carbocycles. The van der Waals surface area contributed by atoms with Crippen LogP contribution in [0.15, 0.2) is 29.3 Å². The molecule has 0 aliphatic rings. The Morgan fingerprint density at radius 3 is 2.71 bits per heavy atom. The Morgan fingerprint density at radius 1 is 1.33 bits per heavy atom. The lowest BCUT2D eigenvalue weighted by Crippen LogP contribution is -2.23. The number of hydrogen-bond acceptors (Lipinski definition) is 2. The van der Waals surface area contributed by atoms with Crippen molar-refractivity contribution < 1.29 is 0 Å². The Bertz CT molecular complexity index is 713. The molecule has 1 aromatic heterocycles. The topological polar surface area (TPSA) is 68.2 Å². The first-order chi connectivity index (χ1) is 11.4. The Hall–Kier alpha value is -2.30. The summed E-state index contributed by atoms with van der Waals surface area (Å²) in [6, 6.07) is 8.30. The van der Waals surface area contributed by atoms with Gasteiger partial charge in [-0.3, -0.25) is 9.67 Å². The highest BCUT2D eigenvalue weighted by atomic mass is 15.3. The van der Waals surface area contributed by atoms with Crippen LogP contribution in [0.3, 0.4) is 0 Å². The molecular formula is C19H29N5. The summed E-state index contributed by atoms with van der Waals surface area (Å²) < 4.78 is 1.94. The van der Waals surface area contributed by atoms with E-state index < -0.39 is 0 Å². The predicted molar refractivity (Wildman–Crippen MR) is 102 cm³/mol. The van der Waals surface area contributed by atoms with E-state index in [-0.39, 0.29) is 0 Å². The highest BCUT2D eigenvalue weighted by Gasteiger charge is 2.08. The molecule has 0 atom stereocenters. The summed E-state index contributed by atoms with van der Waals surface area (Å²) in [4.78, 5) is 4.43. The van der Waals surface area contributed by atoms with Gasteiger partial charge in [0.05, 0.1) is 5.69 Å². The van der Waals surface area contributed by atoms with E-state index in [1.165, 1.54) is 16.8 Å². The van der Waals surface area contributed by atoms with E-state index in [1.54, 1.807) is 0 Å². The summed E-state index contributed by atoms with van der Waals surface area (Å²) >= 11 is 0. The maximum absolute atomic E-state index is 6.00. The lowest BCUT2D eigenvalue weighted by atomic mass is 10.0. The molecule has 0 saturated heterocycles. The van der Waals surface area contributed by atoms with Crippen LogP contribution in [-0.2, 0) is 13.5 Å². The fourth-order valence-corrected chi connectivity index (χ4v) is 2.80. The second-order valence-electron chi connectivity index (χ2n) is 6.55. The molecule has 0 radical (unpaired) electrons. The van der Waals surface area contributed by atoms with E-state index >= 15 is 0 Å². The van der Waals surface area contributed by atoms with Crippen LogP contribution in [0.1, 0.15) is 48.7 Å². The van der Waals surface area contributed by atoms with Gasteiger partial charge in [0.25, 0.3) is 0 Å². The Labute approximate surface area is 145 Å². The molecule has 0 aliphatic heterocycles. The number of rotatable bonds is 6. The minimum atomic E-state index is 0.468. The van der Waals surface area contributed by atoms with Crippen molar-refractivity contribution in [1.29, 1.82) is 0 Å². The molecule has 0 spiro atoms. The maximum Gasteiger partial charge on any atom is 0.193 e. The first-order valence-electron chi connectivity index (χ1n) is 8.54. The normalized spacial score (nSPS) is 12.0. The van der Waals surface area contributed by atoms with E-state index in [9.17, 15) is 0 Å². The molecule has 3 N–H and O–H groups in total. The van der Waals surface area contributed by atoms with Crippen LogP contribution in [0.5, 0.6) is 0 Å². The molecule has 0 amide bonds. The van der Waals surface area contributed by atoms with Crippen LogP contribution in [-0.4, -0.2) is 22.3 Å². The summed E-state index contributed by atoms with van der Waals surface area (Å²) in [5.74, 6) is 0.964. The highest BCUT2D eigenvalue weighted by molar-refractivity contribution is 5.92. The fourth-order valence-electron chi connectivity index (χ4n) is 2.80. The van der Waals surface area contributed by atoms with Crippen LogP contribution < -0.4 is 11.1 Å². The Balaban J connectivity index is 1.87. The standard InChI is InChI=1S/C19H29N5/c1-13(2)16-8-6-9-17(12-16)22-19(20)21-11-7-10-18-14(3)23-24(5)15(18)4/h6,8-9,12-13H,7,10-11H2,1-5H3,(H3,20,21,22). The molecule has 2 aromatic rings. The molecule has 24 heavy (non-hydrogen) atoms. The number of aliphatic imine (C=N–C) groups is 1. The lowest BCUT2D eigenvalue weighted by molar-refractivity contribution is 0.728. The van der Waals surface area contributed by atoms with Crippen molar-refractivity contribution in [3.05, 3.63) is 46.8 Å². The molecule has 5 heteroatoms. The van der Waals surface area contributed by atoms with Crippen LogP contribution in [0.25, 0.3) is 0 Å². The van der Waals surface area contributed by atoms with Crippen molar-refractivity contribution in [2.24, 2.45) is 17.8 Å². The Kier molecular flexibility index (Phi) is 6.01. The van der Waals surface area contributed by atoms with E-state index in [2.05, 4.69) is 55.2 Å². The van der Waals surface area contributed by atoms with Gasteiger partial charge < -0.3 is 11.1 Å². The highest BCUT2D eigenvalue weighted by Crippen LogP contribution is 2.18. The number of aryl methyl sites for hydroxylation is 2. The number of guanidine groups is 1. The molecule has 0 fully saturated rings. The second kappa shape index (κ2) is 7.99. The number of hydrogen-bond donors (Lipinski definition) is 2. The first-order valence-corrected chi connectivity index (χ1v) is 8.54. The van der Waals surface area contributed by atoms with Gasteiger partial charge in [-0.2, -0.15) is 5.10 Å². The van der Waals surface area contributed by atoms with Gasteiger partial charge in [-0.05, 0) is 55.9 Å². The molecule has 2 rings (SSSR count). The minimum Gasteiger partial charge on any atom is -0.370 e. The molecule has 0 unspecified atom stereocenters. The van der Waals surface area contributed by atoms with E-state index in [1.807, 2.05) is 23.9 Å². The largest absolute Gasteiger partial charge is 0.370 e. The minimum absolute atomic E-state index is 0.468. The summed E-state index contributed by atoms with van der Waals surface area (Å²) in [6.45, 7) is 9.23. The van der Waals surface area contributed by atoms with E-state index in [0.717, 1.165) is 24.2 Å². The van der Waals surface area contributed by atoms with Gasteiger partial charge in [0.15, 0.2) is 5.96 Å². The van der Waals surface area contributed by atoms with Gasteiger partial charge in [0.1, 0.15) is 0 Å². The zero-order chi connectivity index (χ0) is 17.7. The second-order valence-corrected chi connectivity index (χ2v) is 6.55. The fraction of sp³-hybridized carbons (Fsp3) is 0.474. The number of anilines is 1. The number of aromatic nitrogens is 2. The predicted octanol–water partition coefficient (Wildman–Crippen LogP) is 3.52. The van der Waals surface area contributed by atoms with Gasteiger partial charge in [-0.25, -0.2) is 0 Å². The van der Waals surface area contributed by atoms with E-state index in [0.29, 0.717) is 18.4 Å². The maximum atomic E-state index is 6.00. The Morgan fingerprint density at radius 2 is 2.08 bits per heavy atom.